The number of carbonyl (C=O) groups excluding carboxylic acids is 3. The largest absolute Gasteiger partial charge is 0.456 e. The van der Waals surface area contributed by atoms with Crippen molar-refractivity contribution in [2.24, 2.45) is 5.92 Å². The normalized spacial score (nSPS) is 18.1. The van der Waals surface area contributed by atoms with Gasteiger partial charge in [-0.05, 0) is 17.0 Å². The van der Waals surface area contributed by atoms with Gasteiger partial charge >= 0.3 is 12.1 Å². The summed E-state index contributed by atoms with van der Waals surface area (Å²) >= 11 is 0. The van der Waals surface area contributed by atoms with E-state index in [1.165, 1.54) is 0 Å². The van der Waals surface area contributed by atoms with Crippen LogP contribution in [0.25, 0.3) is 11.1 Å². The Kier molecular flexibility index (Phi) is 7.41. The number of β-amino-alcohol motifs (C(OH)–C–C–N with tert-alkyl or cyclic N) is 1. The lowest BCUT2D eigenvalue weighted by Gasteiger charge is -2.22. The van der Waals surface area contributed by atoms with Crippen molar-refractivity contribution >= 4 is 17.8 Å². The zero-order valence-corrected chi connectivity index (χ0v) is 17.7. The Morgan fingerprint density at radius 1 is 1.00 bits per heavy atom. The van der Waals surface area contributed by atoms with Gasteiger partial charge in [0.2, 0.25) is 0 Å². The Hall–Kier alpha value is -3.19. The first-order chi connectivity index (χ1) is 14.8. The average Bonchev–Trinajstić information content (AvgIpc) is 3.18. The molecule has 1 amide bonds. The summed E-state index contributed by atoms with van der Waals surface area (Å²) in [6, 6.07) is 15.9. The molecule has 0 unspecified atom stereocenters. The second kappa shape index (κ2) is 10.2. The number of nitrogens with zero attached hydrogens (tertiary/aromatic N) is 1. The molecule has 0 bridgehead atoms. The van der Waals surface area contributed by atoms with E-state index in [9.17, 15) is 19.5 Å². The Balaban J connectivity index is 1.56. The second-order valence-electron chi connectivity index (χ2n) is 8.00. The van der Waals surface area contributed by atoms with Crippen LogP contribution >= 0.6 is 0 Å². The molecule has 7 heteroatoms. The molecule has 3 rings (SSSR count). The van der Waals surface area contributed by atoms with E-state index >= 15 is 0 Å². The number of rotatable bonds is 7. The number of Topliss-reactive ketones (excluding diaryl/α,β-unsaturated/α-hetero) is 1. The summed E-state index contributed by atoms with van der Waals surface area (Å²) in [7, 11) is 0. The van der Waals surface area contributed by atoms with E-state index < -0.39 is 30.8 Å². The molecule has 0 aliphatic carbocycles. The SMILES string of the molecule is CC(C)COC(=O)N1C[C@H](O)C[C@@H]1C(=O)OCC(=O)c1ccc(-c2ccccc2)cc1. The summed E-state index contributed by atoms with van der Waals surface area (Å²) in [6.07, 6.45) is -1.46. The summed E-state index contributed by atoms with van der Waals surface area (Å²) in [6.45, 7) is 3.56. The fourth-order valence-electron chi connectivity index (χ4n) is 3.36. The number of hydrogen-bond donors (Lipinski definition) is 1. The van der Waals surface area contributed by atoms with Gasteiger partial charge in [0.25, 0.3) is 0 Å². The molecule has 1 aliphatic heterocycles. The van der Waals surface area contributed by atoms with Crippen molar-refractivity contribution in [1.29, 1.82) is 0 Å². The number of carbonyl (C=O) groups is 3. The van der Waals surface area contributed by atoms with Gasteiger partial charge in [0.05, 0.1) is 19.3 Å². The number of amides is 1. The van der Waals surface area contributed by atoms with Gasteiger partial charge in [0.15, 0.2) is 12.4 Å². The second-order valence-corrected chi connectivity index (χ2v) is 8.00. The molecular weight excluding hydrogens is 398 g/mol. The van der Waals surface area contributed by atoms with Crippen molar-refractivity contribution in [1.82, 2.24) is 4.90 Å². The third-order valence-corrected chi connectivity index (χ3v) is 4.99. The molecule has 2 aromatic rings. The Morgan fingerprint density at radius 3 is 2.29 bits per heavy atom. The van der Waals surface area contributed by atoms with Gasteiger partial charge < -0.3 is 14.6 Å². The van der Waals surface area contributed by atoms with Crippen LogP contribution in [0.3, 0.4) is 0 Å². The van der Waals surface area contributed by atoms with Crippen LogP contribution in [0, 0.1) is 5.92 Å². The van der Waals surface area contributed by atoms with Gasteiger partial charge in [0.1, 0.15) is 6.04 Å². The maximum atomic E-state index is 12.5. The molecule has 2 atom stereocenters. The highest BCUT2D eigenvalue weighted by molar-refractivity contribution is 5.98. The summed E-state index contributed by atoms with van der Waals surface area (Å²) in [5.74, 6) is -0.930. The van der Waals surface area contributed by atoms with E-state index in [1.54, 1.807) is 12.1 Å². The van der Waals surface area contributed by atoms with Gasteiger partial charge in [-0.25, -0.2) is 9.59 Å². The monoisotopic (exact) mass is 425 g/mol. The number of ketones is 1. The zero-order valence-electron chi connectivity index (χ0n) is 17.7. The Bertz CT molecular complexity index is 909. The quantitative estimate of drug-likeness (QED) is 0.540. The highest BCUT2D eigenvalue weighted by Crippen LogP contribution is 2.22. The molecule has 31 heavy (non-hydrogen) atoms. The number of hydrogen-bond acceptors (Lipinski definition) is 6. The molecule has 0 aromatic heterocycles. The van der Waals surface area contributed by atoms with Crippen LogP contribution < -0.4 is 0 Å². The molecule has 0 spiro atoms. The number of likely N-dealkylation sites (tertiary alicyclic amines) is 1. The number of aliphatic hydroxyl groups excluding tert-OH is 1. The first-order valence-corrected chi connectivity index (χ1v) is 10.3. The number of benzene rings is 2. The lowest BCUT2D eigenvalue weighted by Crippen LogP contribution is -2.42. The van der Waals surface area contributed by atoms with E-state index in [1.807, 2.05) is 56.3 Å². The van der Waals surface area contributed by atoms with Gasteiger partial charge in [-0.1, -0.05) is 68.4 Å². The molecule has 0 saturated carbocycles. The van der Waals surface area contributed by atoms with Crippen molar-refractivity contribution in [3.05, 3.63) is 60.2 Å². The topological polar surface area (TPSA) is 93.1 Å². The average molecular weight is 425 g/mol. The van der Waals surface area contributed by atoms with Crippen molar-refractivity contribution in [2.45, 2.75) is 32.4 Å². The van der Waals surface area contributed by atoms with Crippen LogP contribution in [0.15, 0.2) is 54.6 Å². The van der Waals surface area contributed by atoms with Crippen molar-refractivity contribution in [3.8, 4) is 11.1 Å². The maximum Gasteiger partial charge on any atom is 0.410 e. The molecular formula is C24H27NO6. The molecule has 1 aliphatic rings. The van der Waals surface area contributed by atoms with Crippen molar-refractivity contribution in [3.63, 3.8) is 0 Å². The minimum absolute atomic E-state index is 0.00834. The van der Waals surface area contributed by atoms with Crippen molar-refractivity contribution < 1.29 is 29.0 Å². The molecule has 7 nitrogen and oxygen atoms in total. The first-order valence-electron chi connectivity index (χ1n) is 10.3. The molecule has 164 valence electrons. The highest BCUT2D eigenvalue weighted by atomic mass is 16.6. The highest BCUT2D eigenvalue weighted by Gasteiger charge is 2.41. The van der Waals surface area contributed by atoms with Gasteiger partial charge in [-0.15, -0.1) is 0 Å². The minimum Gasteiger partial charge on any atom is -0.456 e. The lowest BCUT2D eigenvalue weighted by atomic mass is 10.0. The molecule has 0 radical (unpaired) electrons. The Morgan fingerprint density at radius 2 is 1.65 bits per heavy atom. The maximum absolute atomic E-state index is 12.5. The van der Waals surface area contributed by atoms with Crippen LogP contribution in [0.4, 0.5) is 4.79 Å². The van der Waals surface area contributed by atoms with E-state index in [0.29, 0.717) is 5.56 Å². The van der Waals surface area contributed by atoms with Crippen LogP contribution in [-0.4, -0.2) is 59.8 Å². The molecule has 1 N–H and O–H groups in total. The standard InChI is InChI=1S/C24H27NO6/c1-16(2)14-31-24(29)25-13-20(26)12-21(25)23(28)30-15-22(27)19-10-8-18(9-11-19)17-6-4-3-5-7-17/h3-11,16,20-21,26H,12-15H2,1-2H3/t20-,21-/m1/s1. The molecule has 2 aromatic carbocycles. The first kappa shape index (κ1) is 22.5. The predicted molar refractivity (Wildman–Crippen MR) is 114 cm³/mol. The third kappa shape index (κ3) is 5.92. The number of aliphatic hydroxyl groups is 1. The summed E-state index contributed by atoms with van der Waals surface area (Å²) in [4.78, 5) is 38.3. The third-order valence-electron chi connectivity index (χ3n) is 4.99. The van der Waals surface area contributed by atoms with Crippen LogP contribution in [0.2, 0.25) is 0 Å². The predicted octanol–water partition coefficient (Wildman–Crippen LogP) is 3.31. The summed E-state index contributed by atoms with van der Waals surface area (Å²) in [5.41, 5.74) is 2.44. The smallest absolute Gasteiger partial charge is 0.410 e. The number of ether oxygens (including phenoxy) is 2. The molecule has 1 heterocycles. The summed E-state index contributed by atoms with van der Waals surface area (Å²) < 4.78 is 10.3. The lowest BCUT2D eigenvalue weighted by molar-refractivity contribution is -0.147. The van der Waals surface area contributed by atoms with E-state index in [-0.39, 0.29) is 31.3 Å². The molecule has 1 fully saturated rings. The fraction of sp³-hybridized carbons (Fsp3) is 0.375. The molecule has 1 saturated heterocycles. The number of esters is 1. The van der Waals surface area contributed by atoms with Crippen molar-refractivity contribution in [2.75, 3.05) is 19.8 Å². The van der Waals surface area contributed by atoms with E-state index in [0.717, 1.165) is 16.0 Å². The van der Waals surface area contributed by atoms with Gasteiger partial charge in [-0.2, -0.15) is 0 Å². The minimum atomic E-state index is -0.970. The van der Waals surface area contributed by atoms with Gasteiger partial charge in [0, 0.05) is 12.0 Å². The van der Waals surface area contributed by atoms with E-state index in [4.69, 9.17) is 9.47 Å². The summed E-state index contributed by atoms with van der Waals surface area (Å²) in [5, 5.41) is 9.90. The zero-order chi connectivity index (χ0) is 22.4. The van der Waals surface area contributed by atoms with E-state index in [2.05, 4.69) is 0 Å². The van der Waals surface area contributed by atoms with Crippen LogP contribution in [0.5, 0.6) is 0 Å². The van der Waals surface area contributed by atoms with Gasteiger partial charge in [-0.3, -0.25) is 9.69 Å². The van der Waals surface area contributed by atoms with Crippen LogP contribution in [-0.2, 0) is 14.3 Å². The van der Waals surface area contributed by atoms with Crippen LogP contribution in [0.1, 0.15) is 30.6 Å². The fourth-order valence-corrected chi connectivity index (χ4v) is 3.36. The Labute approximate surface area is 181 Å².